The van der Waals surface area contributed by atoms with Gasteiger partial charge < -0.3 is 9.72 Å². The lowest BCUT2D eigenvalue weighted by atomic mass is 10.3. The largest absolute Gasteiger partial charge is 0.497 e. The van der Waals surface area contributed by atoms with E-state index >= 15 is 0 Å². The van der Waals surface area contributed by atoms with Crippen LogP contribution in [0.1, 0.15) is 0 Å². The number of ether oxygens (including phenoxy) is 1. The van der Waals surface area contributed by atoms with E-state index in [0.717, 1.165) is 12.3 Å². The van der Waals surface area contributed by atoms with Crippen molar-refractivity contribution in [3.8, 4) is 5.75 Å². The summed E-state index contributed by atoms with van der Waals surface area (Å²) in [7, 11) is -2.41. The van der Waals surface area contributed by atoms with Crippen LogP contribution < -0.4 is 15.0 Å². The smallest absolute Gasteiger partial charge is 0.266 e. The number of anilines is 1. The Bertz CT molecular complexity index is 835. The molecule has 0 fully saturated rings. The Labute approximate surface area is 134 Å². The van der Waals surface area contributed by atoms with Gasteiger partial charge in [-0.25, -0.2) is 8.42 Å². The molecular weight excluding hydrogens is 384 g/mol. The van der Waals surface area contributed by atoms with Crippen LogP contribution in [-0.2, 0) is 10.0 Å². The molecule has 1 heterocycles. The molecule has 9 heteroatoms. The van der Waals surface area contributed by atoms with Crippen LogP contribution in [0, 0.1) is 0 Å². The van der Waals surface area contributed by atoms with Gasteiger partial charge >= 0.3 is 0 Å². The third kappa shape index (κ3) is 3.58. The minimum atomic E-state index is -3.89. The Morgan fingerprint density at radius 2 is 2.05 bits per heavy atom. The summed E-state index contributed by atoms with van der Waals surface area (Å²) in [4.78, 5) is 13.3. The van der Waals surface area contributed by atoms with Gasteiger partial charge in [0.25, 0.3) is 15.6 Å². The van der Waals surface area contributed by atoms with E-state index in [9.17, 15) is 13.2 Å². The number of H-pyrrole nitrogens is 1. The van der Waals surface area contributed by atoms with Gasteiger partial charge in [0.1, 0.15) is 15.7 Å². The molecule has 0 radical (unpaired) electrons. The minimum absolute atomic E-state index is 0.151. The van der Waals surface area contributed by atoms with Crippen LogP contribution in [0.5, 0.6) is 5.75 Å². The predicted molar refractivity (Wildman–Crippen MR) is 83.6 cm³/mol. The number of pyridine rings is 1. The van der Waals surface area contributed by atoms with Gasteiger partial charge in [0.05, 0.1) is 12.8 Å². The molecule has 2 rings (SSSR count). The molecule has 0 saturated heterocycles. The summed E-state index contributed by atoms with van der Waals surface area (Å²) in [6.07, 6.45) is 1.07. The molecule has 0 amide bonds. The Hall–Kier alpha value is -1.51. The fraction of sp³-hybridized carbons (Fsp3) is 0.0833. The average molecular weight is 394 g/mol. The number of sulfonamides is 1. The second-order valence-electron chi connectivity index (χ2n) is 3.96. The molecule has 0 atom stereocenters. The van der Waals surface area contributed by atoms with E-state index in [1.807, 2.05) is 0 Å². The number of nitrogens with one attached hydrogen (secondary N) is 2. The lowest BCUT2D eigenvalue weighted by Crippen LogP contribution is -2.16. The zero-order valence-electron chi connectivity index (χ0n) is 10.7. The van der Waals surface area contributed by atoms with Crippen LogP contribution in [0.15, 0.2) is 44.6 Å². The van der Waals surface area contributed by atoms with Gasteiger partial charge in [0.15, 0.2) is 0 Å². The first-order valence-electron chi connectivity index (χ1n) is 5.58. The number of rotatable bonds is 4. The van der Waals surface area contributed by atoms with Crippen LogP contribution in [0.3, 0.4) is 0 Å². The number of aromatic nitrogens is 1. The van der Waals surface area contributed by atoms with Crippen LogP contribution in [0.2, 0.25) is 5.02 Å². The van der Waals surface area contributed by atoms with Crippen molar-refractivity contribution in [2.45, 2.75) is 4.90 Å². The summed E-state index contributed by atoms with van der Waals surface area (Å²) in [5, 5.41) is -0.206. The maximum atomic E-state index is 12.3. The summed E-state index contributed by atoms with van der Waals surface area (Å²) >= 11 is 8.88. The SMILES string of the molecule is COc1ccc(Br)c(NS(=O)(=O)c2c[nH]c(=O)c(Cl)c2)c1. The first-order chi connectivity index (χ1) is 9.83. The topological polar surface area (TPSA) is 88.3 Å². The molecule has 21 heavy (non-hydrogen) atoms. The van der Waals surface area contributed by atoms with Gasteiger partial charge in [-0.15, -0.1) is 0 Å². The van der Waals surface area contributed by atoms with Crippen molar-refractivity contribution in [1.29, 1.82) is 0 Å². The van der Waals surface area contributed by atoms with Gasteiger partial charge in [-0.05, 0) is 34.1 Å². The first-order valence-corrected chi connectivity index (χ1v) is 8.23. The normalized spacial score (nSPS) is 11.2. The minimum Gasteiger partial charge on any atom is -0.497 e. The highest BCUT2D eigenvalue weighted by atomic mass is 79.9. The van der Waals surface area contributed by atoms with Crippen molar-refractivity contribution < 1.29 is 13.2 Å². The van der Waals surface area contributed by atoms with Crippen LogP contribution in [-0.4, -0.2) is 20.5 Å². The van der Waals surface area contributed by atoms with E-state index < -0.39 is 15.6 Å². The first kappa shape index (κ1) is 15.9. The molecule has 0 saturated carbocycles. The summed E-state index contributed by atoms with van der Waals surface area (Å²) in [6.45, 7) is 0. The highest BCUT2D eigenvalue weighted by molar-refractivity contribution is 9.10. The van der Waals surface area contributed by atoms with E-state index in [-0.39, 0.29) is 9.92 Å². The number of hydrogen-bond donors (Lipinski definition) is 2. The van der Waals surface area contributed by atoms with E-state index in [4.69, 9.17) is 16.3 Å². The van der Waals surface area contributed by atoms with Crippen molar-refractivity contribution >= 4 is 43.2 Å². The Morgan fingerprint density at radius 1 is 1.33 bits per heavy atom. The lowest BCUT2D eigenvalue weighted by molar-refractivity contribution is 0.415. The number of hydrogen-bond acceptors (Lipinski definition) is 4. The zero-order chi connectivity index (χ0) is 15.6. The lowest BCUT2D eigenvalue weighted by Gasteiger charge is -2.11. The monoisotopic (exact) mass is 392 g/mol. The average Bonchev–Trinajstić information content (AvgIpc) is 2.44. The molecule has 0 aliphatic heterocycles. The number of methoxy groups -OCH3 is 1. The summed E-state index contributed by atoms with van der Waals surface area (Å²) < 4.78 is 32.5. The quantitative estimate of drug-likeness (QED) is 0.836. The Morgan fingerprint density at radius 3 is 2.67 bits per heavy atom. The van der Waals surface area contributed by atoms with Gasteiger partial charge in [-0.2, -0.15) is 0 Å². The third-order valence-electron chi connectivity index (χ3n) is 2.56. The van der Waals surface area contributed by atoms with E-state index in [0.29, 0.717) is 15.9 Å². The van der Waals surface area contributed by atoms with Gasteiger partial charge in [-0.3, -0.25) is 9.52 Å². The van der Waals surface area contributed by atoms with Crippen LogP contribution in [0.25, 0.3) is 0 Å². The zero-order valence-corrected chi connectivity index (χ0v) is 13.8. The molecule has 2 N–H and O–H groups in total. The molecule has 0 spiro atoms. The molecule has 0 bridgehead atoms. The molecule has 2 aromatic rings. The maximum Gasteiger partial charge on any atom is 0.266 e. The van der Waals surface area contributed by atoms with Gasteiger partial charge in [-0.1, -0.05) is 11.6 Å². The highest BCUT2D eigenvalue weighted by Crippen LogP contribution is 2.29. The maximum absolute atomic E-state index is 12.3. The van der Waals surface area contributed by atoms with E-state index in [1.54, 1.807) is 12.1 Å². The van der Waals surface area contributed by atoms with Crippen LogP contribution in [0.4, 0.5) is 5.69 Å². The molecule has 0 unspecified atom stereocenters. The third-order valence-corrected chi connectivity index (χ3v) is 4.88. The second kappa shape index (κ2) is 6.08. The molecular formula is C12H10BrClN2O4S. The molecule has 1 aromatic carbocycles. The van der Waals surface area contributed by atoms with Crippen molar-refractivity contribution in [3.05, 3.63) is 50.3 Å². The van der Waals surface area contributed by atoms with Gasteiger partial charge in [0, 0.05) is 16.7 Å². The Kier molecular flexibility index (Phi) is 4.60. The summed E-state index contributed by atoms with van der Waals surface area (Å²) in [6, 6.07) is 5.93. The summed E-state index contributed by atoms with van der Waals surface area (Å²) in [5.41, 5.74) is -0.255. The molecule has 6 nitrogen and oxygen atoms in total. The van der Waals surface area contributed by atoms with Gasteiger partial charge in [0.2, 0.25) is 0 Å². The van der Waals surface area contributed by atoms with E-state index in [1.165, 1.54) is 13.2 Å². The molecule has 0 aliphatic carbocycles. The van der Waals surface area contributed by atoms with Crippen molar-refractivity contribution in [3.63, 3.8) is 0 Å². The molecule has 112 valence electrons. The predicted octanol–water partition coefficient (Wildman–Crippen LogP) is 2.60. The molecule has 0 aliphatic rings. The van der Waals surface area contributed by atoms with Crippen molar-refractivity contribution in [2.75, 3.05) is 11.8 Å². The standard InChI is InChI=1S/C12H10BrClN2O4S/c1-20-7-2-3-9(13)11(4-7)16-21(18,19)8-5-10(14)12(17)15-6-8/h2-6,16H,1H3,(H,15,17). The van der Waals surface area contributed by atoms with Crippen LogP contribution >= 0.6 is 27.5 Å². The van der Waals surface area contributed by atoms with Crippen molar-refractivity contribution in [1.82, 2.24) is 4.98 Å². The Balaban J connectivity index is 2.41. The number of benzene rings is 1. The number of halogens is 2. The summed E-state index contributed by atoms with van der Waals surface area (Å²) in [5.74, 6) is 0.496. The fourth-order valence-corrected chi connectivity index (χ4v) is 3.28. The number of aromatic amines is 1. The molecule has 1 aromatic heterocycles. The van der Waals surface area contributed by atoms with Crippen molar-refractivity contribution in [2.24, 2.45) is 0 Å². The van der Waals surface area contributed by atoms with E-state index in [2.05, 4.69) is 25.6 Å². The highest BCUT2D eigenvalue weighted by Gasteiger charge is 2.17. The second-order valence-corrected chi connectivity index (χ2v) is 6.91. The fourth-order valence-electron chi connectivity index (χ4n) is 1.51.